The first-order chi connectivity index (χ1) is 32.1. The number of halogens is 1. The van der Waals surface area contributed by atoms with Crippen LogP contribution in [0.4, 0.5) is 26.8 Å². The van der Waals surface area contributed by atoms with Crippen LogP contribution in [0.25, 0.3) is 0 Å². The van der Waals surface area contributed by atoms with Gasteiger partial charge in [-0.25, -0.2) is 39.3 Å². The molecule has 2 saturated heterocycles. The number of nitrogens with two attached hydrogens (primary N) is 1. The molecule has 3 N–H and O–H groups in total. The molecule has 0 aromatic carbocycles. The van der Waals surface area contributed by atoms with E-state index in [1.165, 1.54) is 41.1 Å². The predicted octanol–water partition coefficient (Wildman–Crippen LogP) is 7.99. The molecule has 6 heterocycles. The Labute approximate surface area is 403 Å². The topological polar surface area (TPSA) is 248 Å². The molecule has 4 aromatic rings. The lowest BCUT2D eigenvalue weighted by Gasteiger charge is -2.31. The number of aromatic nitrogens is 6. The van der Waals surface area contributed by atoms with Crippen molar-refractivity contribution in [3.05, 3.63) is 53.5 Å². The Bertz CT molecular complexity index is 2170. The highest BCUT2D eigenvalue weighted by Crippen LogP contribution is 2.36. The summed E-state index contributed by atoms with van der Waals surface area (Å²) in [6, 6.07) is 3.69. The van der Waals surface area contributed by atoms with Crippen molar-refractivity contribution < 1.29 is 56.5 Å². The number of rotatable bonds is 16. The van der Waals surface area contributed by atoms with Gasteiger partial charge in [-0.1, -0.05) is 11.6 Å². The molecule has 67 heavy (non-hydrogen) atoms. The van der Waals surface area contributed by atoms with Gasteiger partial charge in [0.25, 0.3) is 11.8 Å². The molecule has 0 bridgehead atoms. The number of ether oxygens (including phenoxy) is 6. The number of pyridine rings is 2. The molecule has 6 rings (SSSR count). The summed E-state index contributed by atoms with van der Waals surface area (Å²) in [5.74, 6) is 1.83. The van der Waals surface area contributed by atoms with Crippen LogP contribution in [0, 0.1) is 13.8 Å². The number of hydrogen-bond acceptors (Lipinski definition) is 22. The first-order valence-electron chi connectivity index (χ1n) is 21.0. The number of anilines is 3. The molecule has 2 fully saturated rings. The molecule has 0 saturated carbocycles. The summed E-state index contributed by atoms with van der Waals surface area (Å²) in [7, 11) is 5.90. The number of nitrogens with one attached hydrogen (secondary N) is 1. The van der Waals surface area contributed by atoms with E-state index in [2.05, 4.69) is 49.3 Å². The average Bonchev–Trinajstić information content (AvgIpc) is 3.30. The highest BCUT2D eigenvalue weighted by atomic mass is 35.5. The zero-order chi connectivity index (χ0) is 48.9. The number of hydrogen-bond donors (Lipinski definition) is 2. The number of nitrogens with zero attached hydrogens (tertiary/aromatic N) is 8. The van der Waals surface area contributed by atoms with Gasteiger partial charge < -0.3 is 49.3 Å². The highest BCUT2D eigenvalue weighted by Gasteiger charge is 2.29. The molecule has 0 aliphatic carbocycles. The molecule has 0 unspecified atom stereocenters. The summed E-state index contributed by atoms with van der Waals surface area (Å²) in [5.41, 5.74) is 8.90. The number of methoxy groups -OCH3 is 2. The zero-order valence-electron chi connectivity index (χ0n) is 39.2. The standard InChI is InChI=1S/C21H29N5O6S.C14H20ClN3O4.C7H10N2O2S/c1-13(2)30-21(27)26-8-6-15(7-9-26)31-20-18(28-4)19(23-12-24-20)25-16-11-22-17(10-14(16)3)33-32-29-5;1-9(2)21-14(19)18-6-4-10(5-7-18)22-13-11(20-3)12(15)16-8-17-13;1-5-3-7(12-11-10-2)9-4-6(5)8/h10-13,15H,6-9H2,1-5H3,(H,23,24,25);8-10H,4-7H2,1-3H3;3-4H,8H2,1-2H3. The zero-order valence-corrected chi connectivity index (χ0v) is 41.6. The lowest BCUT2D eigenvalue weighted by atomic mass is 10.1. The third-order valence-electron chi connectivity index (χ3n) is 9.38. The van der Waals surface area contributed by atoms with E-state index in [4.69, 9.17) is 50.1 Å². The summed E-state index contributed by atoms with van der Waals surface area (Å²) >= 11 is 8.01. The van der Waals surface area contributed by atoms with E-state index in [-0.39, 0.29) is 41.8 Å². The van der Waals surface area contributed by atoms with E-state index in [1.807, 2.05) is 53.7 Å². The molecule has 0 atom stereocenters. The molecule has 368 valence electrons. The van der Waals surface area contributed by atoms with Crippen LogP contribution in [0.15, 0.2) is 47.2 Å². The van der Waals surface area contributed by atoms with Crippen LogP contribution in [-0.2, 0) is 27.9 Å². The van der Waals surface area contributed by atoms with Gasteiger partial charge in [-0.05, 0) is 64.8 Å². The fourth-order valence-corrected chi connectivity index (χ4v) is 7.16. The van der Waals surface area contributed by atoms with Crippen LogP contribution in [0.3, 0.4) is 0 Å². The van der Waals surface area contributed by atoms with Gasteiger partial charge in [-0.3, -0.25) is 0 Å². The van der Waals surface area contributed by atoms with Gasteiger partial charge in [0.15, 0.2) is 11.0 Å². The predicted molar refractivity (Wildman–Crippen MR) is 249 cm³/mol. The molecule has 0 radical (unpaired) electrons. The van der Waals surface area contributed by atoms with Crippen molar-refractivity contribution >= 4 is 65.1 Å². The Balaban J connectivity index is 0.000000246. The summed E-state index contributed by atoms with van der Waals surface area (Å²) in [6.07, 6.45) is 7.72. The second-order valence-electron chi connectivity index (χ2n) is 15.0. The van der Waals surface area contributed by atoms with E-state index in [0.717, 1.165) is 45.9 Å². The maximum absolute atomic E-state index is 12.1. The molecule has 2 amide bonds. The Morgan fingerprint density at radius 2 is 1.15 bits per heavy atom. The van der Waals surface area contributed by atoms with Gasteiger partial charge in [0.2, 0.25) is 11.5 Å². The largest absolute Gasteiger partial charge is 0.489 e. The van der Waals surface area contributed by atoms with Crippen LogP contribution in [0.5, 0.6) is 23.3 Å². The van der Waals surface area contributed by atoms with E-state index < -0.39 is 0 Å². The van der Waals surface area contributed by atoms with Crippen molar-refractivity contribution in [1.82, 2.24) is 39.7 Å². The van der Waals surface area contributed by atoms with Gasteiger partial charge in [-0.15, -0.1) is 0 Å². The second-order valence-corrected chi connectivity index (χ2v) is 16.8. The Hall–Kier alpha value is -5.37. The maximum atomic E-state index is 12.1. The number of piperidine rings is 2. The van der Waals surface area contributed by atoms with Crippen molar-refractivity contribution in [2.75, 3.05) is 65.7 Å². The fraction of sp³-hybridized carbons (Fsp3) is 0.524. The smallest absolute Gasteiger partial charge is 0.410 e. The molecular formula is C42H59ClN10O12S2. The summed E-state index contributed by atoms with van der Waals surface area (Å²) in [6.45, 7) is 13.4. The average molecular weight is 996 g/mol. The molecule has 2 aliphatic rings. The van der Waals surface area contributed by atoms with Crippen molar-refractivity contribution in [3.8, 4) is 23.3 Å². The van der Waals surface area contributed by atoms with Crippen molar-refractivity contribution in [3.63, 3.8) is 0 Å². The lowest BCUT2D eigenvalue weighted by molar-refractivity contribution is -0.160. The molecule has 4 aromatic heterocycles. The normalized spacial score (nSPS) is 14.0. The van der Waals surface area contributed by atoms with Gasteiger partial charge in [-0.2, -0.15) is 18.6 Å². The van der Waals surface area contributed by atoms with Crippen LogP contribution in [0.2, 0.25) is 5.15 Å². The number of likely N-dealkylation sites (tertiary alicyclic amines) is 2. The fourth-order valence-electron chi connectivity index (χ4n) is 6.05. The SMILES string of the molecule is COOSc1cc(C)c(N)cn1.COOSc1cc(C)c(Nc2ncnc(OC3CCN(C(=O)OC(C)C)CC3)c2OC)cn1.COc1c(Cl)ncnc1OC1CCN(C(=O)OC(C)C)CC1. The Morgan fingerprint density at radius 1 is 0.687 bits per heavy atom. The monoisotopic (exact) mass is 994 g/mol. The number of carbonyl (C=O) groups is 2. The van der Waals surface area contributed by atoms with Gasteiger partial charge >= 0.3 is 12.2 Å². The quantitative estimate of drug-likeness (QED) is 0.0467. The molecule has 25 heteroatoms. The minimum absolute atomic E-state index is 0.0528. The summed E-state index contributed by atoms with van der Waals surface area (Å²) in [4.78, 5) is 61.1. The minimum Gasteiger partial charge on any atom is -0.489 e. The van der Waals surface area contributed by atoms with Crippen LogP contribution in [-0.4, -0.2) is 131 Å². The van der Waals surface area contributed by atoms with Crippen LogP contribution in [0.1, 0.15) is 64.5 Å². The molecule has 0 spiro atoms. The number of amides is 2. The van der Waals surface area contributed by atoms with Crippen molar-refractivity contribution in [1.29, 1.82) is 0 Å². The first-order valence-corrected chi connectivity index (χ1v) is 22.9. The molecular weight excluding hydrogens is 936 g/mol. The van der Waals surface area contributed by atoms with Crippen LogP contribution >= 0.6 is 35.7 Å². The highest BCUT2D eigenvalue weighted by molar-refractivity contribution is 7.94. The number of aryl methyl sites for hydroxylation is 2. The summed E-state index contributed by atoms with van der Waals surface area (Å²) in [5, 5.41) is 4.82. The van der Waals surface area contributed by atoms with Gasteiger partial charge in [0.05, 0.1) is 88.5 Å². The maximum Gasteiger partial charge on any atom is 0.410 e. The van der Waals surface area contributed by atoms with Crippen molar-refractivity contribution in [2.45, 2.75) is 102 Å². The third kappa shape index (κ3) is 17.7. The van der Waals surface area contributed by atoms with Gasteiger partial charge in [0.1, 0.15) is 34.9 Å². The van der Waals surface area contributed by atoms with Crippen LogP contribution < -0.4 is 30.0 Å². The Kier molecular flexibility index (Phi) is 22.7. The third-order valence-corrected chi connectivity index (χ3v) is 10.8. The summed E-state index contributed by atoms with van der Waals surface area (Å²) < 4.78 is 42.6. The lowest BCUT2D eigenvalue weighted by Crippen LogP contribution is -2.42. The molecule has 22 nitrogen and oxygen atoms in total. The second kappa shape index (κ2) is 28.1. The van der Waals surface area contributed by atoms with Gasteiger partial charge in [0, 0.05) is 51.9 Å². The number of nitrogen functional groups attached to an aromatic ring is 1. The Morgan fingerprint density at radius 3 is 1.60 bits per heavy atom. The van der Waals surface area contributed by atoms with E-state index in [1.54, 1.807) is 22.2 Å². The minimum atomic E-state index is -0.295. The first kappa shape index (κ1) is 54.2. The van der Waals surface area contributed by atoms with E-state index in [0.29, 0.717) is 91.7 Å². The molecule has 2 aliphatic heterocycles. The van der Waals surface area contributed by atoms with E-state index >= 15 is 0 Å². The van der Waals surface area contributed by atoms with Crippen molar-refractivity contribution in [2.24, 2.45) is 0 Å². The van der Waals surface area contributed by atoms with E-state index in [9.17, 15) is 9.59 Å². The number of carbonyl (C=O) groups excluding carboxylic acids is 2.